The molecule has 0 radical (unpaired) electrons. The lowest BCUT2D eigenvalue weighted by atomic mass is 10.0. The van der Waals surface area contributed by atoms with E-state index < -0.39 is 6.04 Å². The second kappa shape index (κ2) is 12.4. The first-order valence-electron chi connectivity index (χ1n) is 11.3. The van der Waals surface area contributed by atoms with E-state index in [1.165, 1.54) is 0 Å². The Bertz CT molecular complexity index is 1020. The van der Waals surface area contributed by atoms with E-state index in [4.69, 9.17) is 0 Å². The minimum atomic E-state index is -0.596. The fraction of sp³-hybridized carbons (Fsp3) is 0.286. The van der Waals surface area contributed by atoms with Crippen LogP contribution in [0.15, 0.2) is 89.4 Å². The van der Waals surface area contributed by atoms with Crippen molar-refractivity contribution in [3.05, 3.63) is 106 Å². The predicted molar refractivity (Wildman–Crippen MR) is 137 cm³/mol. The van der Waals surface area contributed by atoms with Crippen molar-refractivity contribution in [2.45, 2.75) is 51.7 Å². The molecule has 1 unspecified atom stereocenters. The number of carbonyl (C=O) groups is 2. The summed E-state index contributed by atoms with van der Waals surface area (Å²) >= 11 is 3.47. The van der Waals surface area contributed by atoms with Crippen molar-refractivity contribution in [2.24, 2.45) is 0 Å². The maximum atomic E-state index is 13.5. The normalized spacial score (nSPS) is 11.8. The molecule has 1 atom stereocenters. The Morgan fingerprint density at radius 1 is 0.818 bits per heavy atom. The summed E-state index contributed by atoms with van der Waals surface area (Å²) in [6, 6.07) is 27.2. The smallest absolute Gasteiger partial charge is 0.243 e. The van der Waals surface area contributed by atoms with Gasteiger partial charge in [-0.1, -0.05) is 88.7 Å². The van der Waals surface area contributed by atoms with E-state index in [0.29, 0.717) is 25.8 Å². The van der Waals surface area contributed by atoms with Gasteiger partial charge in [-0.3, -0.25) is 9.59 Å². The van der Waals surface area contributed by atoms with Crippen molar-refractivity contribution in [2.75, 3.05) is 0 Å². The van der Waals surface area contributed by atoms with Crippen molar-refractivity contribution in [3.8, 4) is 0 Å². The summed E-state index contributed by atoms with van der Waals surface area (Å²) < 4.78 is 0.978. The molecule has 3 aromatic rings. The van der Waals surface area contributed by atoms with Gasteiger partial charge in [0.2, 0.25) is 11.8 Å². The van der Waals surface area contributed by atoms with Crippen LogP contribution in [0.25, 0.3) is 0 Å². The van der Waals surface area contributed by atoms with E-state index in [0.717, 1.165) is 21.2 Å². The van der Waals surface area contributed by atoms with Crippen LogP contribution in [0.5, 0.6) is 0 Å². The molecule has 0 fully saturated rings. The molecule has 172 valence electrons. The number of amides is 2. The second-order valence-corrected chi connectivity index (χ2v) is 9.42. The molecule has 0 aliphatic heterocycles. The summed E-state index contributed by atoms with van der Waals surface area (Å²) in [5, 5.41) is 3.03. The molecule has 0 spiro atoms. The first-order chi connectivity index (χ1) is 15.9. The van der Waals surface area contributed by atoms with E-state index in [9.17, 15) is 9.59 Å². The molecular weight excluding hydrogens is 476 g/mol. The molecule has 0 aliphatic rings. The fourth-order valence-corrected chi connectivity index (χ4v) is 4.03. The standard InChI is InChI=1S/C28H31BrN2O2/c1-21(2)30-28(33)26(19-23-11-7-4-8-12-23)31(20-24-13-16-25(29)17-14-24)27(32)18-15-22-9-5-3-6-10-22/h3-14,16-17,21,26H,15,18-20H2,1-2H3,(H,30,33). The third-order valence-corrected chi connectivity index (χ3v) is 5.97. The number of rotatable bonds is 10. The van der Waals surface area contributed by atoms with Gasteiger partial charge in [-0.05, 0) is 49.1 Å². The van der Waals surface area contributed by atoms with Gasteiger partial charge in [0.1, 0.15) is 6.04 Å². The van der Waals surface area contributed by atoms with Crippen LogP contribution in [0, 0.1) is 0 Å². The minimum Gasteiger partial charge on any atom is -0.352 e. The number of nitrogens with zero attached hydrogens (tertiary/aromatic N) is 1. The Labute approximate surface area is 205 Å². The number of hydrogen-bond donors (Lipinski definition) is 1. The Hall–Kier alpha value is -2.92. The van der Waals surface area contributed by atoms with E-state index in [1.54, 1.807) is 4.90 Å². The van der Waals surface area contributed by atoms with E-state index >= 15 is 0 Å². The number of halogens is 1. The van der Waals surface area contributed by atoms with Crippen molar-refractivity contribution in [1.82, 2.24) is 10.2 Å². The monoisotopic (exact) mass is 506 g/mol. The van der Waals surface area contributed by atoms with Gasteiger partial charge < -0.3 is 10.2 Å². The Morgan fingerprint density at radius 2 is 1.39 bits per heavy atom. The van der Waals surface area contributed by atoms with Gasteiger partial charge in [0.05, 0.1) is 0 Å². The van der Waals surface area contributed by atoms with Crippen molar-refractivity contribution in [1.29, 1.82) is 0 Å². The fourth-order valence-electron chi connectivity index (χ4n) is 3.76. The minimum absolute atomic E-state index is 0.00951. The van der Waals surface area contributed by atoms with Crippen LogP contribution >= 0.6 is 15.9 Å². The number of hydrogen-bond acceptors (Lipinski definition) is 2. The zero-order valence-electron chi connectivity index (χ0n) is 19.2. The number of carbonyl (C=O) groups excluding carboxylic acids is 2. The van der Waals surface area contributed by atoms with Gasteiger partial charge in [-0.2, -0.15) is 0 Å². The summed E-state index contributed by atoms with van der Waals surface area (Å²) in [4.78, 5) is 28.6. The molecule has 33 heavy (non-hydrogen) atoms. The molecule has 0 aliphatic carbocycles. The van der Waals surface area contributed by atoms with E-state index in [-0.39, 0.29) is 17.9 Å². The Kier molecular flexibility index (Phi) is 9.25. The topological polar surface area (TPSA) is 49.4 Å². The molecule has 3 rings (SSSR count). The zero-order chi connectivity index (χ0) is 23.6. The molecule has 0 saturated carbocycles. The van der Waals surface area contributed by atoms with Crippen LogP contribution in [0.3, 0.4) is 0 Å². The summed E-state index contributed by atoms with van der Waals surface area (Å²) in [7, 11) is 0. The molecule has 4 nitrogen and oxygen atoms in total. The number of nitrogens with one attached hydrogen (secondary N) is 1. The van der Waals surface area contributed by atoms with Crippen LogP contribution < -0.4 is 5.32 Å². The lowest BCUT2D eigenvalue weighted by Gasteiger charge is -2.32. The molecule has 0 saturated heterocycles. The molecule has 1 N–H and O–H groups in total. The summed E-state index contributed by atoms with van der Waals surface area (Å²) in [6.07, 6.45) is 1.45. The van der Waals surface area contributed by atoms with Gasteiger partial charge in [0, 0.05) is 29.9 Å². The summed E-state index contributed by atoms with van der Waals surface area (Å²) in [5.74, 6) is -0.152. The largest absolute Gasteiger partial charge is 0.352 e. The summed E-state index contributed by atoms with van der Waals surface area (Å²) in [6.45, 7) is 4.26. The highest BCUT2D eigenvalue weighted by atomic mass is 79.9. The van der Waals surface area contributed by atoms with E-state index in [1.807, 2.05) is 98.8 Å². The lowest BCUT2D eigenvalue weighted by molar-refractivity contribution is -0.141. The molecular formula is C28H31BrN2O2. The highest BCUT2D eigenvalue weighted by Crippen LogP contribution is 2.18. The first kappa shape index (κ1) is 24.7. The predicted octanol–water partition coefficient (Wildman–Crippen LogP) is 5.55. The average molecular weight is 507 g/mol. The molecule has 2 amide bonds. The van der Waals surface area contributed by atoms with Gasteiger partial charge >= 0.3 is 0 Å². The quantitative estimate of drug-likeness (QED) is 0.392. The van der Waals surface area contributed by atoms with Gasteiger partial charge in [-0.25, -0.2) is 0 Å². The van der Waals surface area contributed by atoms with Crippen LogP contribution in [0.4, 0.5) is 0 Å². The Morgan fingerprint density at radius 3 is 1.97 bits per heavy atom. The number of benzene rings is 3. The highest BCUT2D eigenvalue weighted by Gasteiger charge is 2.30. The van der Waals surface area contributed by atoms with E-state index in [2.05, 4.69) is 21.2 Å². The van der Waals surface area contributed by atoms with Crippen molar-refractivity contribution in [3.63, 3.8) is 0 Å². The van der Waals surface area contributed by atoms with Crippen LogP contribution in [-0.4, -0.2) is 28.8 Å². The van der Waals surface area contributed by atoms with Gasteiger partial charge in [0.25, 0.3) is 0 Å². The number of aryl methyl sites for hydroxylation is 1. The zero-order valence-corrected chi connectivity index (χ0v) is 20.8. The van der Waals surface area contributed by atoms with Gasteiger partial charge in [-0.15, -0.1) is 0 Å². The molecule has 5 heteroatoms. The average Bonchev–Trinajstić information content (AvgIpc) is 2.82. The van der Waals surface area contributed by atoms with Gasteiger partial charge in [0.15, 0.2) is 0 Å². The molecule has 0 heterocycles. The van der Waals surface area contributed by atoms with Crippen LogP contribution in [0.1, 0.15) is 37.0 Å². The molecule has 0 bridgehead atoms. The lowest BCUT2D eigenvalue weighted by Crippen LogP contribution is -2.51. The summed E-state index contributed by atoms with van der Waals surface area (Å²) in [5.41, 5.74) is 3.13. The SMILES string of the molecule is CC(C)NC(=O)C(Cc1ccccc1)N(Cc1ccc(Br)cc1)C(=O)CCc1ccccc1. The third-order valence-electron chi connectivity index (χ3n) is 5.44. The molecule has 3 aromatic carbocycles. The second-order valence-electron chi connectivity index (χ2n) is 8.50. The molecule has 0 aromatic heterocycles. The van der Waals surface area contributed by atoms with Crippen molar-refractivity contribution < 1.29 is 9.59 Å². The van der Waals surface area contributed by atoms with Crippen LogP contribution in [0.2, 0.25) is 0 Å². The van der Waals surface area contributed by atoms with Crippen LogP contribution in [-0.2, 0) is 29.0 Å². The highest BCUT2D eigenvalue weighted by molar-refractivity contribution is 9.10. The first-order valence-corrected chi connectivity index (χ1v) is 12.1. The maximum absolute atomic E-state index is 13.5. The maximum Gasteiger partial charge on any atom is 0.243 e. The van der Waals surface area contributed by atoms with Crippen molar-refractivity contribution >= 4 is 27.7 Å². The third kappa shape index (κ3) is 7.86. The Balaban J connectivity index is 1.89.